The Hall–Kier alpha value is -2.26. The van der Waals surface area contributed by atoms with Crippen molar-refractivity contribution in [3.63, 3.8) is 0 Å². The van der Waals surface area contributed by atoms with Crippen molar-refractivity contribution in [2.75, 3.05) is 20.2 Å². The maximum atomic E-state index is 13.6. The van der Waals surface area contributed by atoms with Gasteiger partial charge in [0, 0.05) is 9.79 Å². The smallest absolute Gasteiger partial charge is 0.490 e. The fraction of sp³-hybridized carbons (Fsp3) is 0.381. The summed E-state index contributed by atoms with van der Waals surface area (Å²) in [5, 5.41) is 10.5. The SMILES string of the molecule is COc1cc(Sc2ccc(C)cc2C2CCNCC2)ccc1F.O=C(O)C(F)(F)F. The molecule has 164 valence electrons. The number of benzene rings is 2. The van der Waals surface area contributed by atoms with Crippen LogP contribution in [-0.2, 0) is 4.79 Å². The van der Waals surface area contributed by atoms with Crippen LogP contribution < -0.4 is 10.1 Å². The van der Waals surface area contributed by atoms with Crippen molar-refractivity contribution in [1.82, 2.24) is 5.32 Å². The van der Waals surface area contributed by atoms with Crippen molar-refractivity contribution in [3.05, 3.63) is 53.3 Å². The van der Waals surface area contributed by atoms with E-state index in [0.717, 1.165) is 18.0 Å². The number of hydrogen-bond acceptors (Lipinski definition) is 4. The molecule has 2 aromatic rings. The predicted octanol–water partition coefficient (Wildman–Crippen LogP) is 5.39. The number of carboxylic acids is 1. The molecule has 2 N–H and O–H groups in total. The first-order chi connectivity index (χ1) is 14.1. The summed E-state index contributed by atoms with van der Waals surface area (Å²) in [6.07, 6.45) is -2.74. The van der Waals surface area contributed by atoms with E-state index in [9.17, 15) is 17.6 Å². The van der Waals surface area contributed by atoms with E-state index in [4.69, 9.17) is 14.6 Å². The van der Waals surface area contributed by atoms with Crippen LogP contribution in [0.25, 0.3) is 0 Å². The minimum absolute atomic E-state index is 0.297. The molecule has 0 bridgehead atoms. The Morgan fingerprint density at radius 1 is 1.17 bits per heavy atom. The third-order valence-electron chi connectivity index (χ3n) is 4.54. The van der Waals surface area contributed by atoms with Gasteiger partial charge in [-0.25, -0.2) is 9.18 Å². The standard InChI is InChI=1S/C19H22FNOS.C2HF3O2/c1-13-3-6-19(16(11-13)14-7-9-21-10-8-14)23-15-4-5-17(20)18(12-15)22-2;3-2(4,5)1(6)7/h3-6,11-12,14,21H,7-10H2,1-2H3;(H,6,7). The first-order valence-corrected chi connectivity index (χ1v) is 10.1. The number of methoxy groups -OCH3 is 1. The van der Waals surface area contributed by atoms with Crippen molar-refractivity contribution in [2.24, 2.45) is 0 Å². The fourth-order valence-corrected chi connectivity index (χ4v) is 4.08. The average Bonchev–Trinajstić information content (AvgIpc) is 2.71. The third kappa shape index (κ3) is 6.91. The lowest BCUT2D eigenvalue weighted by atomic mass is 9.89. The van der Waals surface area contributed by atoms with E-state index in [1.807, 2.05) is 6.07 Å². The van der Waals surface area contributed by atoms with Crippen LogP contribution >= 0.6 is 11.8 Å². The summed E-state index contributed by atoms with van der Waals surface area (Å²) in [6.45, 7) is 4.29. The molecule has 0 spiro atoms. The molecule has 2 aromatic carbocycles. The predicted molar refractivity (Wildman–Crippen MR) is 107 cm³/mol. The van der Waals surface area contributed by atoms with Gasteiger partial charge in [-0.15, -0.1) is 0 Å². The molecule has 30 heavy (non-hydrogen) atoms. The van der Waals surface area contributed by atoms with Crippen molar-refractivity contribution >= 4 is 17.7 Å². The summed E-state index contributed by atoms with van der Waals surface area (Å²) in [4.78, 5) is 11.2. The molecule has 4 nitrogen and oxygen atoms in total. The lowest BCUT2D eigenvalue weighted by Gasteiger charge is -2.25. The highest BCUT2D eigenvalue weighted by Crippen LogP contribution is 2.38. The van der Waals surface area contributed by atoms with Gasteiger partial charge in [0.25, 0.3) is 0 Å². The number of aliphatic carboxylic acids is 1. The molecule has 0 unspecified atom stereocenters. The van der Waals surface area contributed by atoms with Crippen LogP contribution in [0.5, 0.6) is 5.75 Å². The highest BCUT2D eigenvalue weighted by atomic mass is 32.2. The number of aryl methyl sites for hydroxylation is 1. The minimum atomic E-state index is -5.08. The van der Waals surface area contributed by atoms with E-state index in [-0.39, 0.29) is 5.82 Å². The zero-order valence-corrected chi connectivity index (χ0v) is 17.4. The normalized spacial score (nSPS) is 14.6. The quantitative estimate of drug-likeness (QED) is 0.618. The third-order valence-corrected chi connectivity index (χ3v) is 5.62. The Balaban J connectivity index is 0.000000396. The molecule has 0 amide bonds. The number of halogens is 4. The topological polar surface area (TPSA) is 58.6 Å². The van der Waals surface area contributed by atoms with Gasteiger partial charge >= 0.3 is 12.1 Å². The summed E-state index contributed by atoms with van der Waals surface area (Å²) in [6, 6.07) is 11.7. The molecule has 0 atom stereocenters. The second kappa shape index (κ2) is 10.7. The molecular weight excluding hydrogens is 422 g/mol. The van der Waals surface area contributed by atoms with Gasteiger partial charge in [-0.1, -0.05) is 29.5 Å². The van der Waals surface area contributed by atoms with Gasteiger partial charge in [0.1, 0.15) is 0 Å². The lowest BCUT2D eigenvalue weighted by Crippen LogP contribution is -2.26. The maximum absolute atomic E-state index is 13.6. The first kappa shape index (κ1) is 24.0. The summed E-state index contributed by atoms with van der Waals surface area (Å²) < 4.78 is 50.4. The molecule has 0 aliphatic carbocycles. The van der Waals surface area contributed by atoms with Gasteiger partial charge in [0.2, 0.25) is 0 Å². The molecule has 0 aromatic heterocycles. The molecule has 1 aliphatic rings. The van der Waals surface area contributed by atoms with Gasteiger partial charge in [0.15, 0.2) is 11.6 Å². The largest absolute Gasteiger partial charge is 0.494 e. The van der Waals surface area contributed by atoms with E-state index in [0.29, 0.717) is 11.7 Å². The lowest BCUT2D eigenvalue weighted by molar-refractivity contribution is -0.192. The van der Waals surface area contributed by atoms with Crippen LogP contribution in [0.2, 0.25) is 0 Å². The Labute approximate surface area is 176 Å². The number of nitrogens with one attached hydrogen (secondary N) is 1. The molecule has 3 rings (SSSR count). The van der Waals surface area contributed by atoms with Gasteiger partial charge in [-0.3, -0.25) is 0 Å². The monoisotopic (exact) mass is 445 g/mol. The summed E-state index contributed by atoms with van der Waals surface area (Å²) >= 11 is 1.69. The molecule has 0 radical (unpaired) electrons. The zero-order chi connectivity index (χ0) is 22.3. The van der Waals surface area contributed by atoms with Crippen LogP contribution in [0, 0.1) is 12.7 Å². The minimum Gasteiger partial charge on any atom is -0.494 e. The molecule has 1 aliphatic heterocycles. The Kier molecular flexibility index (Phi) is 8.54. The number of carboxylic acid groups (broad SMARTS) is 1. The summed E-state index contributed by atoms with van der Waals surface area (Å²) in [5.41, 5.74) is 2.71. The van der Waals surface area contributed by atoms with Crippen LogP contribution in [-0.4, -0.2) is 37.5 Å². The number of ether oxygens (including phenoxy) is 1. The fourth-order valence-electron chi connectivity index (χ4n) is 3.04. The zero-order valence-electron chi connectivity index (χ0n) is 16.6. The number of rotatable bonds is 4. The second-order valence-electron chi connectivity index (χ2n) is 6.77. The molecular formula is C21H23F4NO3S. The van der Waals surface area contributed by atoms with Crippen molar-refractivity contribution < 1.29 is 32.2 Å². The molecule has 9 heteroatoms. The van der Waals surface area contributed by atoms with Crippen molar-refractivity contribution in [3.8, 4) is 5.75 Å². The van der Waals surface area contributed by atoms with Crippen LogP contribution in [0.3, 0.4) is 0 Å². The Morgan fingerprint density at radius 3 is 2.37 bits per heavy atom. The highest BCUT2D eigenvalue weighted by Gasteiger charge is 2.38. The molecule has 1 heterocycles. The molecule has 0 saturated carbocycles. The van der Waals surface area contributed by atoms with E-state index in [2.05, 4.69) is 30.4 Å². The highest BCUT2D eigenvalue weighted by molar-refractivity contribution is 7.99. The van der Waals surface area contributed by atoms with E-state index in [1.165, 1.54) is 42.0 Å². The van der Waals surface area contributed by atoms with E-state index >= 15 is 0 Å². The summed E-state index contributed by atoms with van der Waals surface area (Å²) in [5.74, 6) is -2.18. The first-order valence-electron chi connectivity index (χ1n) is 9.24. The van der Waals surface area contributed by atoms with Gasteiger partial charge in [-0.05, 0) is 68.6 Å². The Morgan fingerprint density at radius 2 is 1.80 bits per heavy atom. The second-order valence-corrected chi connectivity index (χ2v) is 7.88. The maximum Gasteiger partial charge on any atom is 0.490 e. The number of alkyl halides is 3. The number of hydrogen-bond donors (Lipinski definition) is 2. The van der Waals surface area contributed by atoms with Gasteiger partial charge in [-0.2, -0.15) is 13.2 Å². The number of carbonyl (C=O) groups is 1. The van der Waals surface area contributed by atoms with Crippen LogP contribution in [0.1, 0.15) is 29.9 Å². The summed E-state index contributed by atoms with van der Waals surface area (Å²) in [7, 11) is 1.50. The van der Waals surface area contributed by atoms with Crippen LogP contribution in [0.15, 0.2) is 46.2 Å². The van der Waals surface area contributed by atoms with Gasteiger partial charge in [0.05, 0.1) is 7.11 Å². The van der Waals surface area contributed by atoms with Gasteiger partial charge < -0.3 is 15.2 Å². The van der Waals surface area contributed by atoms with E-state index in [1.54, 1.807) is 17.8 Å². The Bertz CT molecular complexity index is 868. The van der Waals surface area contributed by atoms with Crippen molar-refractivity contribution in [1.29, 1.82) is 0 Å². The van der Waals surface area contributed by atoms with Crippen LogP contribution in [0.4, 0.5) is 17.6 Å². The molecule has 1 fully saturated rings. The number of piperidine rings is 1. The molecule has 1 saturated heterocycles. The average molecular weight is 445 g/mol. The van der Waals surface area contributed by atoms with Crippen molar-refractivity contribution in [2.45, 2.75) is 41.7 Å². The van der Waals surface area contributed by atoms with E-state index < -0.39 is 12.1 Å².